The zero-order chi connectivity index (χ0) is 25.3. The molecule has 3 aromatic heterocycles. The summed E-state index contributed by atoms with van der Waals surface area (Å²) in [5.74, 6) is -0.533. The third-order valence-electron chi connectivity index (χ3n) is 5.52. The van der Waals surface area contributed by atoms with E-state index in [0.717, 1.165) is 24.0 Å². The molecule has 0 spiro atoms. The highest BCUT2D eigenvalue weighted by Crippen LogP contribution is 2.29. The maximum Gasteiger partial charge on any atom is 0.417 e. The van der Waals surface area contributed by atoms with Crippen molar-refractivity contribution in [3.05, 3.63) is 89.0 Å². The molecule has 1 aromatic carbocycles. The lowest BCUT2D eigenvalue weighted by atomic mass is 10.1. The minimum absolute atomic E-state index is 0.129. The third-order valence-corrected chi connectivity index (χ3v) is 5.52. The van der Waals surface area contributed by atoms with Gasteiger partial charge in [0.05, 0.1) is 41.8 Å². The summed E-state index contributed by atoms with van der Waals surface area (Å²) in [6, 6.07) is 8.07. The van der Waals surface area contributed by atoms with E-state index in [0.29, 0.717) is 28.5 Å². The average Bonchev–Trinajstić information content (AvgIpc) is 2.82. The van der Waals surface area contributed by atoms with Gasteiger partial charge in [-0.05, 0) is 55.8 Å². The summed E-state index contributed by atoms with van der Waals surface area (Å²) in [7, 11) is 0. The topological polar surface area (TPSA) is 97.9 Å². The Morgan fingerprint density at radius 1 is 1.06 bits per heavy atom. The average molecular weight is 484 g/mol. The molecule has 11 heteroatoms. The summed E-state index contributed by atoms with van der Waals surface area (Å²) < 4.78 is 52.1. The number of anilines is 1. The van der Waals surface area contributed by atoms with Gasteiger partial charge >= 0.3 is 6.18 Å². The first kappa shape index (κ1) is 24.0. The number of fused-ring (bicyclic) bond motifs is 1. The van der Waals surface area contributed by atoms with Crippen molar-refractivity contribution in [3.8, 4) is 0 Å². The number of benzene rings is 1. The van der Waals surface area contributed by atoms with Crippen LogP contribution in [0.4, 0.5) is 23.4 Å². The molecule has 180 valence electrons. The monoisotopic (exact) mass is 484 g/mol. The van der Waals surface area contributed by atoms with Gasteiger partial charge in [0.15, 0.2) is 11.6 Å². The van der Waals surface area contributed by atoms with Crippen molar-refractivity contribution in [3.63, 3.8) is 0 Å². The molecule has 0 fully saturated rings. The van der Waals surface area contributed by atoms with Gasteiger partial charge in [0, 0.05) is 17.1 Å². The maximum atomic E-state index is 13.6. The number of pyridine rings is 2. The van der Waals surface area contributed by atoms with Crippen LogP contribution < -0.4 is 5.73 Å². The number of nitrogen functional groups attached to an aromatic ring is 1. The van der Waals surface area contributed by atoms with Crippen molar-refractivity contribution in [1.82, 2.24) is 24.8 Å². The van der Waals surface area contributed by atoms with E-state index in [2.05, 4.69) is 19.9 Å². The Hall–Kier alpha value is -4.15. The largest absolute Gasteiger partial charge is 0.417 e. The zero-order valence-corrected chi connectivity index (χ0v) is 18.7. The molecule has 7 nitrogen and oxygen atoms in total. The fourth-order valence-electron chi connectivity index (χ4n) is 3.52. The molecule has 1 amide bonds. The molecule has 35 heavy (non-hydrogen) atoms. The third kappa shape index (κ3) is 5.18. The summed E-state index contributed by atoms with van der Waals surface area (Å²) >= 11 is 0. The molecule has 1 unspecified atom stereocenters. The van der Waals surface area contributed by atoms with E-state index in [-0.39, 0.29) is 18.1 Å². The number of nitrogens with two attached hydrogens (primary N) is 1. The molecule has 4 rings (SSSR count). The second-order valence-electron chi connectivity index (χ2n) is 8.00. The highest BCUT2D eigenvalue weighted by Gasteiger charge is 2.31. The van der Waals surface area contributed by atoms with Crippen LogP contribution in [-0.4, -0.2) is 30.7 Å². The number of alkyl halides is 3. The molecule has 0 saturated carbocycles. The van der Waals surface area contributed by atoms with Crippen LogP contribution in [0, 0.1) is 12.7 Å². The second-order valence-corrected chi connectivity index (χ2v) is 8.00. The Bertz CT molecular complexity index is 1370. The molecule has 0 aliphatic heterocycles. The Balaban J connectivity index is 1.71. The molecule has 0 aliphatic rings. The van der Waals surface area contributed by atoms with Crippen molar-refractivity contribution < 1.29 is 22.4 Å². The van der Waals surface area contributed by atoms with Gasteiger partial charge < -0.3 is 10.6 Å². The summed E-state index contributed by atoms with van der Waals surface area (Å²) in [5.41, 5.74) is 6.86. The van der Waals surface area contributed by atoms with Crippen LogP contribution in [0.15, 0.2) is 55.0 Å². The van der Waals surface area contributed by atoms with Gasteiger partial charge in [0.1, 0.15) is 5.82 Å². The Kier molecular flexibility index (Phi) is 6.33. The van der Waals surface area contributed by atoms with Crippen LogP contribution in [0.5, 0.6) is 0 Å². The lowest BCUT2D eigenvalue weighted by molar-refractivity contribution is -0.137. The van der Waals surface area contributed by atoms with Gasteiger partial charge in [-0.25, -0.2) is 19.3 Å². The fraction of sp³-hybridized carbons (Fsp3) is 0.208. The predicted octanol–water partition coefficient (Wildman–Crippen LogP) is 4.87. The van der Waals surface area contributed by atoms with Crippen LogP contribution >= 0.6 is 0 Å². The number of aromatic nitrogens is 4. The highest BCUT2D eigenvalue weighted by atomic mass is 19.4. The number of amides is 1. The molecular formula is C24H20F4N6O. The highest BCUT2D eigenvalue weighted by molar-refractivity contribution is 5.98. The summed E-state index contributed by atoms with van der Waals surface area (Å²) in [4.78, 5) is 31.1. The van der Waals surface area contributed by atoms with Crippen LogP contribution in [0.1, 0.15) is 46.0 Å². The first-order chi connectivity index (χ1) is 16.5. The molecule has 2 N–H and O–H groups in total. The van der Waals surface area contributed by atoms with Crippen LogP contribution in [-0.2, 0) is 12.7 Å². The number of hydrogen-bond donors (Lipinski definition) is 1. The predicted molar refractivity (Wildman–Crippen MR) is 120 cm³/mol. The number of aryl methyl sites for hydroxylation is 1. The molecule has 0 radical (unpaired) electrons. The van der Waals surface area contributed by atoms with Crippen molar-refractivity contribution in [2.75, 3.05) is 5.73 Å². The lowest BCUT2D eigenvalue weighted by Gasteiger charge is -2.28. The van der Waals surface area contributed by atoms with Crippen LogP contribution in [0.2, 0.25) is 0 Å². The number of hydrogen-bond acceptors (Lipinski definition) is 6. The van der Waals surface area contributed by atoms with Gasteiger partial charge in [0.2, 0.25) is 0 Å². The minimum Gasteiger partial charge on any atom is -0.383 e. The Morgan fingerprint density at radius 2 is 1.77 bits per heavy atom. The van der Waals surface area contributed by atoms with Crippen molar-refractivity contribution in [2.24, 2.45) is 0 Å². The Labute approximate surface area is 197 Å². The molecule has 0 bridgehead atoms. The first-order valence-electron chi connectivity index (χ1n) is 10.5. The van der Waals surface area contributed by atoms with E-state index >= 15 is 0 Å². The van der Waals surface area contributed by atoms with Crippen molar-refractivity contribution >= 4 is 22.6 Å². The van der Waals surface area contributed by atoms with E-state index in [9.17, 15) is 22.4 Å². The number of halogens is 4. The fourth-order valence-corrected chi connectivity index (χ4v) is 3.52. The van der Waals surface area contributed by atoms with Gasteiger partial charge in [-0.3, -0.25) is 9.78 Å². The van der Waals surface area contributed by atoms with Gasteiger partial charge in [-0.1, -0.05) is 0 Å². The standard InChI is InChI=1S/C24H20F4N6O/c1-13-7-16-8-15(3-6-20(16)33-21(13)29)23(35)34(14(2)22-31-10-18(25)11-32-22)12-19-5-4-17(9-30-19)24(26,27)28/h3-11,14H,12H2,1-2H3,(H2,29,33). The normalized spacial score (nSPS) is 12.5. The molecule has 0 saturated heterocycles. The zero-order valence-electron chi connectivity index (χ0n) is 18.7. The van der Waals surface area contributed by atoms with Crippen LogP contribution in [0.3, 0.4) is 0 Å². The second kappa shape index (κ2) is 9.24. The molecule has 1 atom stereocenters. The van der Waals surface area contributed by atoms with Crippen molar-refractivity contribution in [1.29, 1.82) is 0 Å². The minimum atomic E-state index is -4.53. The molecule has 3 heterocycles. The lowest BCUT2D eigenvalue weighted by Crippen LogP contribution is -2.34. The van der Waals surface area contributed by atoms with Gasteiger partial charge in [-0.2, -0.15) is 13.2 Å². The van der Waals surface area contributed by atoms with Crippen molar-refractivity contribution in [2.45, 2.75) is 32.6 Å². The Morgan fingerprint density at radius 3 is 2.40 bits per heavy atom. The number of carbonyl (C=O) groups is 1. The summed E-state index contributed by atoms with van der Waals surface area (Å²) in [6.45, 7) is 3.31. The molecule has 4 aromatic rings. The first-order valence-corrected chi connectivity index (χ1v) is 10.5. The van der Waals surface area contributed by atoms with E-state index in [1.165, 1.54) is 11.0 Å². The summed E-state index contributed by atoms with van der Waals surface area (Å²) in [5, 5.41) is 0.695. The van der Waals surface area contributed by atoms with Gasteiger partial charge in [0.25, 0.3) is 5.91 Å². The van der Waals surface area contributed by atoms with E-state index in [1.807, 2.05) is 6.07 Å². The van der Waals surface area contributed by atoms with E-state index in [4.69, 9.17) is 5.73 Å². The number of nitrogens with zero attached hydrogens (tertiary/aromatic N) is 5. The van der Waals surface area contributed by atoms with E-state index in [1.54, 1.807) is 32.0 Å². The molecule has 0 aliphatic carbocycles. The smallest absolute Gasteiger partial charge is 0.383 e. The number of carbonyl (C=O) groups excluding carboxylic acids is 1. The SMILES string of the molecule is Cc1cc2cc(C(=O)N(Cc3ccc(C(F)(F)F)cn3)C(C)c3ncc(F)cn3)ccc2nc1N. The van der Waals surface area contributed by atoms with Crippen LogP contribution in [0.25, 0.3) is 10.9 Å². The quantitative estimate of drug-likeness (QED) is 0.406. The van der Waals surface area contributed by atoms with E-state index < -0.39 is 29.5 Å². The maximum absolute atomic E-state index is 13.6. The molecular weight excluding hydrogens is 464 g/mol. The van der Waals surface area contributed by atoms with Gasteiger partial charge in [-0.15, -0.1) is 0 Å². The number of rotatable bonds is 5. The summed E-state index contributed by atoms with van der Waals surface area (Å²) in [6.07, 6.45) is -1.86.